The number of aromatic nitrogens is 2. The van der Waals surface area contributed by atoms with Crippen LogP contribution in [0.4, 0.5) is 13.2 Å². The molecular formula is C27H27F3N4O2S. The van der Waals surface area contributed by atoms with Crippen LogP contribution >= 0.6 is 11.8 Å². The van der Waals surface area contributed by atoms with Gasteiger partial charge in [-0.05, 0) is 42.7 Å². The van der Waals surface area contributed by atoms with Crippen LogP contribution in [0.15, 0.2) is 64.5 Å². The zero-order valence-electron chi connectivity index (χ0n) is 20.1. The van der Waals surface area contributed by atoms with Gasteiger partial charge in [0.1, 0.15) is 0 Å². The normalized spacial score (nSPS) is 15.8. The summed E-state index contributed by atoms with van der Waals surface area (Å²) in [7, 11) is 0. The maximum Gasteiger partial charge on any atom is 0.416 e. The number of hydrogen-bond acceptors (Lipinski definition) is 5. The molecule has 1 saturated carbocycles. The fourth-order valence-electron chi connectivity index (χ4n) is 4.43. The van der Waals surface area contributed by atoms with Gasteiger partial charge in [-0.2, -0.15) is 13.2 Å². The first-order chi connectivity index (χ1) is 17.8. The van der Waals surface area contributed by atoms with Crippen molar-refractivity contribution in [3.05, 3.63) is 87.3 Å². The minimum atomic E-state index is -4.38. The molecule has 1 aliphatic carbocycles. The largest absolute Gasteiger partial charge is 0.416 e. The zero-order chi connectivity index (χ0) is 26.0. The standard InChI is InChI=1S/C27H27F3N4O2S/c28-27(29,30)19-11-9-18(10-12-19)15-31-16-24(35)33-14-13-23-22(17-33)25(36)34(20-5-2-1-3-6-20)26(32-23)37-21-7-4-8-21/h1-3,5-6,9-12,21,31H,4,7-8,13-17H2. The van der Waals surface area contributed by atoms with Crippen molar-refractivity contribution in [2.45, 2.75) is 55.4 Å². The summed E-state index contributed by atoms with van der Waals surface area (Å²) < 4.78 is 39.9. The second kappa shape index (κ2) is 10.7. The van der Waals surface area contributed by atoms with E-state index in [4.69, 9.17) is 4.98 Å². The molecule has 194 valence electrons. The summed E-state index contributed by atoms with van der Waals surface area (Å²) in [4.78, 5) is 33.1. The van der Waals surface area contributed by atoms with Crippen molar-refractivity contribution in [3.8, 4) is 5.69 Å². The number of carbonyl (C=O) groups is 1. The number of hydrogen-bond donors (Lipinski definition) is 1. The molecule has 1 aromatic heterocycles. The number of nitrogens with one attached hydrogen (secondary N) is 1. The van der Waals surface area contributed by atoms with Crippen molar-refractivity contribution in [3.63, 3.8) is 0 Å². The van der Waals surface area contributed by atoms with Crippen LogP contribution in [0.1, 0.15) is 41.6 Å². The Hall–Kier alpha value is -3.11. The third kappa shape index (κ3) is 5.75. The van der Waals surface area contributed by atoms with Crippen LogP contribution < -0.4 is 10.9 Å². The van der Waals surface area contributed by atoms with Crippen molar-refractivity contribution < 1.29 is 18.0 Å². The van der Waals surface area contributed by atoms with Crippen LogP contribution in [-0.2, 0) is 30.5 Å². The van der Waals surface area contributed by atoms with E-state index in [0.717, 1.165) is 36.4 Å². The number of rotatable bonds is 7. The Morgan fingerprint density at radius 3 is 2.46 bits per heavy atom. The molecular weight excluding hydrogens is 501 g/mol. The first-order valence-electron chi connectivity index (χ1n) is 12.3. The maximum absolute atomic E-state index is 13.7. The third-order valence-electron chi connectivity index (χ3n) is 6.78. The smallest absolute Gasteiger partial charge is 0.337 e. The molecule has 0 unspecified atom stereocenters. The highest BCUT2D eigenvalue weighted by Gasteiger charge is 2.30. The number of alkyl halides is 3. The lowest BCUT2D eigenvalue weighted by Crippen LogP contribution is -2.44. The highest BCUT2D eigenvalue weighted by molar-refractivity contribution is 7.99. The van der Waals surface area contributed by atoms with Crippen LogP contribution in [0.3, 0.4) is 0 Å². The average Bonchev–Trinajstić information content (AvgIpc) is 2.86. The van der Waals surface area contributed by atoms with Gasteiger partial charge in [-0.3, -0.25) is 14.2 Å². The molecule has 3 aromatic rings. The van der Waals surface area contributed by atoms with Crippen LogP contribution in [0.25, 0.3) is 5.69 Å². The molecule has 0 spiro atoms. The van der Waals surface area contributed by atoms with E-state index in [-0.39, 0.29) is 31.1 Å². The fourth-order valence-corrected chi connectivity index (χ4v) is 5.75. The molecule has 1 amide bonds. The van der Waals surface area contributed by atoms with Gasteiger partial charge in [0, 0.05) is 24.8 Å². The lowest BCUT2D eigenvalue weighted by molar-refractivity contribution is -0.137. The molecule has 5 rings (SSSR count). The van der Waals surface area contributed by atoms with Gasteiger partial charge in [-0.15, -0.1) is 0 Å². The molecule has 2 aromatic carbocycles. The number of thioether (sulfide) groups is 1. The van der Waals surface area contributed by atoms with Gasteiger partial charge in [0.2, 0.25) is 5.91 Å². The monoisotopic (exact) mass is 528 g/mol. The average molecular weight is 529 g/mol. The Morgan fingerprint density at radius 2 is 1.81 bits per heavy atom. The Labute approximate surface area is 216 Å². The van der Waals surface area contributed by atoms with E-state index in [2.05, 4.69) is 5.32 Å². The summed E-state index contributed by atoms with van der Waals surface area (Å²) in [6.45, 7) is 0.928. The van der Waals surface area contributed by atoms with E-state index in [1.807, 2.05) is 30.3 Å². The molecule has 1 fully saturated rings. The summed E-state index contributed by atoms with van der Waals surface area (Å²) in [5, 5.41) is 4.18. The topological polar surface area (TPSA) is 67.2 Å². The van der Waals surface area contributed by atoms with E-state index >= 15 is 0 Å². The lowest BCUT2D eigenvalue weighted by Gasteiger charge is -2.30. The molecule has 2 heterocycles. The van der Waals surface area contributed by atoms with E-state index in [9.17, 15) is 22.8 Å². The first kappa shape index (κ1) is 25.5. The number of amides is 1. The van der Waals surface area contributed by atoms with Crippen LogP contribution in [-0.4, -0.2) is 38.7 Å². The van der Waals surface area contributed by atoms with Crippen LogP contribution in [0.2, 0.25) is 0 Å². The van der Waals surface area contributed by atoms with Crippen molar-refractivity contribution in [1.29, 1.82) is 0 Å². The van der Waals surface area contributed by atoms with E-state index < -0.39 is 11.7 Å². The number of benzene rings is 2. The minimum Gasteiger partial charge on any atom is -0.337 e. The Balaban J connectivity index is 1.28. The quantitative estimate of drug-likeness (QED) is 0.455. The number of halogens is 3. The van der Waals surface area contributed by atoms with Crippen molar-refractivity contribution in [2.75, 3.05) is 13.1 Å². The number of para-hydroxylation sites is 1. The summed E-state index contributed by atoms with van der Waals surface area (Å²) >= 11 is 1.66. The predicted molar refractivity (Wildman–Crippen MR) is 136 cm³/mol. The molecule has 0 radical (unpaired) electrons. The summed E-state index contributed by atoms with van der Waals surface area (Å²) in [5.74, 6) is -0.170. The van der Waals surface area contributed by atoms with Crippen molar-refractivity contribution in [1.82, 2.24) is 19.8 Å². The summed E-state index contributed by atoms with van der Waals surface area (Å²) in [6, 6.07) is 14.3. The predicted octanol–water partition coefficient (Wildman–Crippen LogP) is 4.57. The van der Waals surface area contributed by atoms with Gasteiger partial charge in [-0.1, -0.05) is 48.5 Å². The molecule has 0 saturated heterocycles. The van der Waals surface area contributed by atoms with Gasteiger partial charge in [0.15, 0.2) is 5.16 Å². The molecule has 1 aliphatic heterocycles. The molecule has 6 nitrogen and oxygen atoms in total. The van der Waals surface area contributed by atoms with Crippen molar-refractivity contribution >= 4 is 17.7 Å². The summed E-state index contributed by atoms with van der Waals surface area (Å²) in [6.07, 6.45) is -0.440. The van der Waals surface area contributed by atoms with E-state index in [1.165, 1.54) is 18.6 Å². The lowest BCUT2D eigenvalue weighted by atomic mass is 10.0. The van der Waals surface area contributed by atoms with E-state index in [0.29, 0.717) is 34.5 Å². The molecule has 0 atom stereocenters. The Kier molecular flexibility index (Phi) is 7.39. The maximum atomic E-state index is 13.7. The van der Waals surface area contributed by atoms with Gasteiger partial charge >= 0.3 is 6.18 Å². The SMILES string of the molecule is O=C(CNCc1ccc(C(F)(F)F)cc1)N1CCc2nc(SC3CCC3)n(-c3ccccc3)c(=O)c2C1. The highest BCUT2D eigenvalue weighted by Crippen LogP contribution is 2.36. The first-order valence-corrected chi connectivity index (χ1v) is 13.2. The second-order valence-corrected chi connectivity index (χ2v) is 10.6. The molecule has 2 aliphatic rings. The third-order valence-corrected chi connectivity index (χ3v) is 8.07. The Bertz CT molecular complexity index is 1320. The number of nitrogens with zero attached hydrogens (tertiary/aromatic N) is 3. The molecule has 37 heavy (non-hydrogen) atoms. The zero-order valence-corrected chi connectivity index (χ0v) is 20.9. The fraction of sp³-hybridized carbons (Fsp3) is 0.370. The molecule has 10 heteroatoms. The van der Waals surface area contributed by atoms with Gasteiger partial charge in [-0.25, -0.2) is 4.98 Å². The molecule has 0 bridgehead atoms. The van der Waals surface area contributed by atoms with E-state index in [1.54, 1.807) is 21.2 Å². The Morgan fingerprint density at radius 1 is 1.08 bits per heavy atom. The number of carbonyl (C=O) groups excluding carboxylic acids is 1. The molecule has 1 N–H and O–H groups in total. The van der Waals surface area contributed by atoms with Gasteiger partial charge in [0.05, 0.1) is 35.6 Å². The van der Waals surface area contributed by atoms with Crippen molar-refractivity contribution in [2.24, 2.45) is 0 Å². The van der Waals surface area contributed by atoms with Gasteiger partial charge in [0.25, 0.3) is 5.56 Å². The van der Waals surface area contributed by atoms with Crippen LogP contribution in [0, 0.1) is 0 Å². The van der Waals surface area contributed by atoms with Crippen LogP contribution in [0.5, 0.6) is 0 Å². The summed E-state index contributed by atoms with van der Waals surface area (Å²) in [5.41, 5.74) is 1.84. The van der Waals surface area contributed by atoms with Gasteiger partial charge < -0.3 is 10.2 Å². The number of fused-ring (bicyclic) bond motifs is 1. The highest BCUT2D eigenvalue weighted by atomic mass is 32.2. The second-order valence-electron chi connectivity index (χ2n) is 9.33. The minimum absolute atomic E-state index is 0.0201.